The zero-order valence-corrected chi connectivity index (χ0v) is 16.3. The quantitative estimate of drug-likeness (QED) is 0.352. The summed E-state index contributed by atoms with van der Waals surface area (Å²) in [5.74, 6) is 0.841. The van der Waals surface area contributed by atoms with Crippen LogP contribution >= 0.6 is 35.0 Å². The Morgan fingerprint density at radius 3 is 2.83 bits per heavy atom. The van der Waals surface area contributed by atoms with E-state index in [-0.39, 0.29) is 6.10 Å². The van der Waals surface area contributed by atoms with Crippen LogP contribution in [0.1, 0.15) is 32.6 Å². The lowest BCUT2D eigenvalue weighted by Gasteiger charge is -2.18. The van der Waals surface area contributed by atoms with Gasteiger partial charge in [0.1, 0.15) is 0 Å². The van der Waals surface area contributed by atoms with Gasteiger partial charge in [0.2, 0.25) is 0 Å². The normalized spacial score (nSPS) is 12.5. The summed E-state index contributed by atoms with van der Waals surface area (Å²) >= 11 is 13.9. The fourth-order valence-electron chi connectivity index (χ4n) is 2.34. The number of halogens is 2. The summed E-state index contributed by atoms with van der Waals surface area (Å²) in [5, 5.41) is 1.35. The van der Waals surface area contributed by atoms with Crippen molar-refractivity contribution in [3.05, 3.63) is 47.0 Å². The molecule has 1 aromatic carbocycles. The van der Waals surface area contributed by atoms with E-state index < -0.39 is 0 Å². The van der Waals surface area contributed by atoms with Gasteiger partial charge in [0, 0.05) is 34.7 Å². The highest BCUT2D eigenvalue weighted by Crippen LogP contribution is 2.30. The van der Waals surface area contributed by atoms with E-state index in [2.05, 4.69) is 16.5 Å². The molecular weight excluding hydrogens is 363 g/mol. The topological polar surface area (TPSA) is 27.1 Å². The third-order valence-corrected chi connectivity index (χ3v) is 5.51. The largest absolute Gasteiger partial charge is 0.375 e. The lowest BCUT2D eigenvalue weighted by atomic mass is 10.2. The van der Waals surface area contributed by atoms with E-state index in [0.29, 0.717) is 10.0 Å². The third kappa shape index (κ3) is 7.06. The van der Waals surface area contributed by atoms with Gasteiger partial charge < -0.3 is 9.30 Å². The van der Waals surface area contributed by atoms with Gasteiger partial charge in [-0.3, -0.25) is 0 Å². The summed E-state index contributed by atoms with van der Waals surface area (Å²) in [5.41, 5.74) is 0. The summed E-state index contributed by atoms with van der Waals surface area (Å²) in [6, 6.07) is 5.61. The molecule has 1 atom stereocenters. The molecule has 0 N–H and O–H groups in total. The number of rotatable bonds is 11. The van der Waals surface area contributed by atoms with Crippen LogP contribution in [0.3, 0.4) is 0 Å². The Morgan fingerprint density at radius 2 is 2.12 bits per heavy atom. The number of hydrogen-bond donors (Lipinski definition) is 0. The summed E-state index contributed by atoms with van der Waals surface area (Å²) in [6.07, 6.45) is 10.6. The Hall–Kier alpha value is -0.680. The predicted octanol–water partition coefficient (Wildman–Crippen LogP) is 5.95. The van der Waals surface area contributed by atoms with Crippen LogP contribution in [0.5, 0.6) is 0 Å². The van der Waals surface area contributed by atoms with Crippen LogP contribution in [0.15, 0.2) is 41.8 Å². The van der Waals surface area contributed by atoms with Gasteiger partial charge in [-0.2, -0.15) is 0 Å². The van der Waals surface area contributed by atoms with Crippen LogP contribution in [-0.4, -0.2) is 28.0 Å². The lowest BCUT2D eigenvalue weighted by Crippen LogP contribution is -2.23. The smallest absolute Gasteiger partial charge is 0.0946 e. The second kappa shape index (κ2) is 11.0. The monoisotopic (exact) mass is 386 g/mol. The first kappa shape index (κ1) is 19.6. The molecule has 0 saturated carbocycles. The van der Waals surface area contributed by atoms with E-state index in [1.807, 2.05) is 24.7 Å². The Morgan fingerprint density at radius 1 is 1.25 bits per heavy atom. The molecule has 1 unspecified atom stereocenters. The van der Waals surface area contributed by atoms with Gasteiger partial charge in [-0.15, -0.1) is 11.8 Å². The fourth-order valence-corrected chi connectivity index (χ4v) is 3.84. The zero-order valence-electron chi connectivity index (χ0n) is 14.0. The van der Waals surface area contributed by atoms with E-state index in [1.165, 1.54) is 19.3 Å². The van der Waals surface area contributed by atoms with Crippen molar-refractivity contribution in [1.82, 2.24) is 9.55 Å². The standard InChI is InChI=1S/C18H24Cl2N2OS/c1-2-3-4-5-10-23-16(12-22-9-8-21-14-22)13-24-18-7-6-15(19)11-17(18)20/h6-9,11,14,16H,2-5,10,12-13H2,1H3. The average Bonchev–Trinajstić information content (AvgIpc) is 3.06. The molecule has 1 aromatic heterocycles. The highest BCUT2D eigenvalue weighted by atomic mass is 35.5. The van der Waals surface area contributed by atoms with Gasteiger partial charge >= 0.3 is 0 Å². The number of aromatic nitrogens is 2. The van der Waals surface area contributed by atoms with E-state index in [0.717, 1.165) is 30.2 Å². The second-order valence-corrected chi connectivity index (χ2v) is 7.60. The Kier molecular flexibility index (Phi) is 9.03. The van der Waals surface area contributed by atoms with Crippen molar-refractivity contribution in [3.8, 4) is 0 Å². The number of hydrogen-bond acceptors (Lipinski definition) is 3. The molecule has 2 aromatic rings. The van der Waals surface area contributed by atoms with Gasteiger partial charge in [0.25, 0.3) is 0 Å². The summed E-state index contributed by atoms with van der Waals surface area (Å²) < 4.78 is 8.17. The summed E-state index contributed by atoms with van der Waals surface area (Å²) in [4.78, 5) is 5.14. The van der Waals surface area contributed by atoms with Crippen LogP contribution in [0, 0.1) is 0 Å². The number of imidazole rings is 1. The fraction of sp³-hybridized carbons (Fsp3) is 0.500. The van der Waals surface area contributed by atoms with Crippen molar-refractivity contribution in [1.29, 1.82) is 0 Å². The molecule has 0 amide bonds. The van der Waals surface area contributed by atoms with E-state index in [9.17, 15) is 0 Å². The molecule has 3 nitrogen and oxygen atoms in total. The van der Waals surface area contributed by atoms with Crippen LogP contribution in [-0.2, 0) is 11.3 Å². The molecule has 1 heterocycles. The Balaban J connectivity index is 1.86. The minimum Gasteiger partial charge on any atom is -0.375 e. The van der Waals surface area contributed by atoms with Crippen LogP contribution < -0.4 is 0 Å². The summed E-state index contributed by atoms with van der Waals surface area (Å²) in [7, 11) is 0. The van der Waals surface area contributed by atoms with Crippen LogP contribution in [0.2, 0.25) is 10.0 Å². The minimum atomic E-state index is 0.123. The van der Waals surface area contributed by atoms with E-state index in [4.69, 9.17) is 27.9 Å². The zero-order chi connectivity index (χ0) is 17.2. The van der Waals surface area contributed by atoms with E-state index >= 15 is 0 Å². The van der Waals surface area contributed by atoms with E-state index in [1.54, 1.807) is 24.0 Å². The molecule has 0 bridgehead atoms. The molecule has 0 radical (unpaired) electrons. The first-order valence-corrected chi connectivity index (χ1v) is 10.1. The molecule has 132 valence electrons. The highest BCUT2D eigenvalue weighted by molar-refractivity contribution is 7.99. The molecule has 0 saturated heterocycles. The number of benzene rings is 1. The van der Waals surface area contributed by atoms with Gasteiger partial charge in [-0.1, -0.05) is 49.4 Å². The van der Waals surface area contributed by atoms with Crippen LogP contribution in [0.4, 0.5) is 0 Å². The Bertz CT molecular complexity index is 593. The third-order valence-electron chi connectivity index (χ3n) is 3.64. The summed E-state index contributed by atoms with van der Waals surface area (Å²) in [6.45, 7) is 3.81. The van der Waals surface area contributed by atoms with Gasteiger partial charge in [0.15, 0.2) is 0 Å². The molecule has 0 fully saturated rings. The molecule has 24 heavy (non-hydrogen) atoms. The van der Waals surface area contributed by atoms with Crippen molar-refractivity contribution >= 4 is 35.0 Å². The van der Waals surface area contributed by atoms with Crippen LogP contribution in [0.25, 0.3) is 0 Å². The average molecular weight is 387 g/mol. The van der Waals surface area contributed by atoms with Crippen molar-refractivity contribution in [3.63, 3.8) is 0 Å². The first-order chi connectivity index (χ1) is 11.7. The number of nitrogens with zero attached hydrogens (tertiary/aromatic N) is 2. The van der Waals surface area contributed by atoms with Crippen molar-refractivity contribution in [2.45, 2.75) is 50.2 Å². The molecule has 0 aliphatic heterocycles. The molecule has 0 aliphatic carbocycles. The van der Waals surface area contributed by atoms with Crippen molar-refractivity contribution < 1.29 is 4.74 Å². The molecule has 6 heteroatoms. The number of ether oxygens (including phenoxy) is 1. The number of unbranched alkanes of at least 4 members (excludes halogenated alkanes) is 3. The van der Waals surface area contributed by atoms with Crippen molar-refractivity contribution in [2.75, 3.05) is 12.4 Å². The highest BCUT2D eigenvalue weighted by Gasteiger charge is 2.12. The molecule has 0 aliphatic rings. The maximum atomic E-state index is 6.26. The van der Waals surface area contributed by atoms with Gasteiger partial charge in [-0.05, 0) is 24.6 Å². The van der Waals surface area contributed by atoms with Gasteiger partial charge in [-0.25, -0.2) is 4.98 Å². The molecular formula is C18H24Cl2N2OS. The maximum absolute atomic E-state index is 6.26. The van der Waals surface area contributed by atoms with Gasteiger partial charge in [0.05, 0.1) is 24.0 Å². The van der Waals surface area contributed by atoms with Crippen molar-refractivity contribution in [2.24, 2.45) is 0 Å². The minimum absolute atomic E-state index is 0.123. The Labute approximate surface area is 158 Å². The molecule has 2 rings (SSSR count). The second-order valence-electron chi connectivity index (χ2n) is 5.70. The first-order valence-electron chi connectivity index (χ1n) is 8.34. The maximum Gasteiger partial charge on any atom is 0.0946 e. The SMILES string of the molecule is CCCCCCOC(CSc1ccc(Cl)cc1Cl)Cn1ccnc1. The lowest BCUT2D eigenvalue weighted by molar-refractivity contribution is 0.0548. The number of thioether (sulfide) groups is 1. The predicted molar refractivity (Wildman–Crippen MR) is 103 cm³/mol. The molecule has 0 spiro atoms.